The molecule has 0 heterocycles. The Hall–Kier alpha value is -1.91. The molecule has 2 rings (SSSR count). The number of carboxylic acids is 1. The van der Waals surface area contributed by atoms with Gasteiger partial charge in [-0.3, -0.25) is 9.59 Å². The Morgan fingerprint density at radius 2 is 2.00 bits per heavy atom. The Labute approximate surface area is 136 Å². The van der Waals surface area contributed by atoms with E-state index in [1.165, 1.54) is 24.3 Å². The lowest BCUT2D eigenvalue weighted by Crippen LogP contribution is -2.38. The summed E-state index contributed by atoms with van der Waals surface area (Å²) in [6.07, 6.45) is 3.53. The van der Waals surface area contributed by atoms with Crippen molar-refractivity contribution in [3.05, 3.63) is 35.6 Å². The number of rotatable bonds is 5. The quantitative estimate of drug-likeness (QED) is 0.869. The molecule has 1 aromatic rings. The highest BCUT2D eigenvalue weighted by Gasteiger charge is 2.33. The number of carbonyl (C=O) groups excluding carboxylic acids is 1. The van der Waals surface area contributed by atoms with Crippen LogP contribution in [0, 0.1) is 17.2 Å². The third-order valence-corrected chi connectivity index (χ3v) is 4.54. The predicted molar refractivity (Wildman–Crippen MR) is 85.3 cm³/mol. The van der Waals surface area contributed by atoms with Crippen molar-refractivity contribution in [3.63, 3.8) is 0 Å². The van der Waals surface area contributed by atoms with E-state index in [1.807, 2.05) is 0 Å². The summed E-state index contributed by atoms with van der Waals surface area (Å²) in [4.78, 5) is 23.6. The van der Waals surface area contributed by atoms with Gasteiger partial charge in [0.15, 0.2) is 0 Å². The van der Waals surface area contributed by atoms with Crippen LogP contribution in [0.25, 0.3) is 0 Å². The highest BCUT2D eigenvalue weighted by atomic mass is 19.1. The molecule has 0 bridgehead atoms. The van der Waals surface area contributed by atoms with Gasteiger partial charge in [0, 0.05) is 5.92 Å². The van der Waals surface area contributed by atoms with Crippen molar-refractivity contribution >= 4 is 11.9 Å². The van der Waals surface area contributed by atoms with Crippen LogP contribution in [0.5, 0.6) is 0 Å². The van der Waals surface area contributed by atoms with Crippen LogP contribution in [0.4, 0.5) is 4.39 Å². The van der Waals surface area contributed by atoms with Crippen LogP contribution in [-0.4, -0.2) is 17.0 Å². The van der Waals surface area contributed by atoms with Gasteiger partial charge >= 0.3 is 5.97 Å². The molecule has 0 saturated heterocycles. The molecule has 5 heteroatoms. The van der Waals surface area contributed by atoms with E-state index in [1.54, 1.807) is 0 Å². The van der Waals surface area contributed by atoms with Crippen LogP contribution in [-0.2, 0) is 9.59 Å². The van der Waals surface area contributed by atoms with Crippen molar-refractivity contribution < 1.29 is 19.1 Å². The third kappa shape index (κ3) is 5.05. The molecule has 1 aromatic carbocycles. The van der Waals surface area contributed by atoms with E-state index in [0.717, 1.165) is 25.7 Å². The predicted octanol–water partition coefficient (Wildman–Crippen LogP) is 3.67. The minimum Gasteiger partial charge on any atom is -0.481 e. The average Bonchev–Trinajstić information content (AvgIpc) is 2.45. The minimum absolute atomic E-state index is 0.0875. The molecule has 126 valence electrons. The van der Waals surface area contributed by atoms with Crippen LogP contribution in [0.2, 0.25) is 0 Å². The number of hydrogen-bond donors (Lipinski definition) is 2. The van der Waals surface area contributed by atoms with Crippen molar-refractivity contribution in [1.82, 2.24) is 5.32 Å². The van der Waals surface area contributed by atoms with Crippen molar-refractivity contribution in [2.24, 2.45) is 11.3 Å². The fourth-order valence-corrected chi connectivity index (χ4v) is 3.33. The topological polar surface area (TPSA) is 66.4 Å². The normalized spacial score (nSPS) is 21.4. The molecule has 1 aliphatic rings. The van der Waals surface area contributed by atoms with Crippen LogP contribution in [0.3, 0.4) is 0 Å². The maximum absolute atomic E-state index is 13.0. The van der Waals surface area contributed by atoms with Gasteiger partial charge in [-0.25, -0.2) is 4.39 Å². The lowest BCUT2D eigenvalue weighted by Gasteiger charge is -2.35. The molecule has 4 nitrogen and oxygen atoms in total. The van der Waals surface area contributed by atoms with Gasteiger partial charge in [-0.15, -0.1) is 0 Å². The number of carboxylic acid groups (broad SMARTS) is 1. The first-order chi connectivity index (χ1) is 10.8. The van der Waals surface area contributed by atoms with Gasteiger partial charge in [-0.2, -0.15) is 0 Å². The monoisotopic (exact) mass is 321 g/mol. The van der Waals surface area contributed by atoms with E-state index >= 15 is 0 Å². The Bertz CT molecular complexity index is 568. The average molecular weight is 321 g/mol. The van der Waals surface area contributed by atoms with Gasteiger partial charge in [0.1, 0.15) is 5.82 Å². The molecule has 2 N–H and O–H groups in total. The van der Waals surface area contributed by atoms with E-state index in [4.69, 9.17) is 5.11 Å². The van der Waals surface area contributed by atoms with Gasteiger partial charge in [0.2, 0.25) is 5.91 Å². The molecule has 2 unspecified atom stereocenters. The maximum Gasteiger partial charge on any atom is 0.305 e. The van der Waals surface area contributed by atoms with Gasteiger partial charge < -0.3 is 10.4 Å². The summed E-state index contributed by atoms with van der Waals surface area (Å²) >= 11 is 0. The molecule has 1 saturated carbocycles. The summed E-state index contributed by atoms with van der Waals surface area (Å²) in [7, 11) is 0. The molecular weight excluding hydrogens is 297 g/mol. The Kier molecular flexibility index (Phi) is 5.39. The maximum atomic E-state index is 13.0. The molecule has 1 amide bonds. The lowest BCUT2D eigenvalue weighted by molar-refractivity contribution is -0.138. The first-order valence-electron chi connectivity index (χ1n) is 8.04. The van der Waals surface area contributed by atoms with Crippen LogP contribution < -0.4 is 5.32 Å². The summed E-state index contributed by atoms with van der Waals surface area (Å²) in [5.41, 5.74) is 0.746. The standard InChI is InChI=1S/C18H24FNO3/c1-18(2)9-3-4-13(11-18)17(23)20-15(10-16(21)22)12-5-7-14(19)8-6-12/h5-8,13,15H,3-4,9-11H2,1-2H3,(H,20,23)(H,21,22). The minimum atomic E-state index is -0.997. The van der Waals surface area contributed by atoms with E-state index in [0.29, 0.717) is 5.56 Å². The highest BCUT2D eigenvalue weighted by Crippen LogP contribution is 2.38. The first-order valence-corrected chi connectivity index (χ1v) is 8.04. The molecular formula is C18H24FNO3. The Morgan fingerprint density at radius 1 is 1.35 bits per heavy atom. The molecule has 23 heavy (non-hydrogen) atoms. The zero-order valence-electron chi connectivity index (χ0n) is 13.6. The SMILES string of the molecule is CC1(C)CCCC(C(=O)NC(CC(=O)O)c2ccc(F)cc2)C1. The number of halogens is 1. The zero-order valence-corrected chi connectivity index (χ0v) is 13.6. The number of amides is 1. The second-order valence-corrected chi connectivity index (χ2v) is 7.17. The van der Waals surface area contributed by atoms with Crippen molar-refractivity contribution in [2.75, 3.05) is 0 Å². The number of hydrogen-bond acceptors (Lipinski definition) is 2. The zero-order chi connectivity index (χ0) is 17.0. The van der Waals surface area contributed by atoms with Crippen molar-refractivity contribution in [1.29, 1.82) is 0 Å². The first kappa shape index (κ1) is 17.4. The molecule has 1 fully saturated rings. The van der Waals surface area contributed by atoms with Crippen LogP contribution in [0.1, 0.15) is 57.6 Å². The van der Waals surface area contributed by atoms with Crippen LogP contribution >= 0.6 is 0 Å². The second kappa shape index (κ2) is 7.11. The fraction of sp³-hybridized carbons (Fsp3) is 0.556. The summed E-state index contributed by atoms with van der Waals surface area (Å²) in [6, 6.07) is 4.97. The fourth-order valence-electron chi connectivity index (χ4n) is 3.33. The number of carbonyl (C=O) groups is 2. The largest absolute Gasteiger partial charge is 0.481 e. The third-order valence-electron chi connectivity index (χ3n) is 4.54. The molecule has 0 aliphatic heterocycles. The second-order valence-electron chi connectivity index (χ2n) is 7.17. The van der Waals surface area contributed by atoms with Crippen molar-refractivity contribution in [2.45, 2.75) is 52.0 Å². The van der Waals surface area contributed by atoms with E-state index < -0.39 is 12.0 Å². The lowest BCUT2D eigenvalue weighted by atomic mass is 9.72. The van der Waals surface area contributed by atoms with Gasteiger partial charge in [-0.1, -0.05) is 32.4 Å². The molecule has 0 aromatic heterocycles. The molecule has 1 aliphatic carbocycles. The van der Waals surface area contributed by atoms with Gasteiger partial charge in [-0.05, 0) is 42.4 Å². The molecule has 2 atom stereocenters. The van der Waals surface area contributed by atoms with E-state index in [-0.39, 0.29) is 29.5 Å². The molecule has 0 radical (unpaired) electrons. The van der Waals surface area contributed by atoms with Gasteiger partial charge in [0.25, 0.3) is 0 Å². The van der Waals surface area contributed by atoms with Crippen molar-refractivity contribution in [3.8, 4) is 0 Å². The van der Waals surface area contributed by atoms with E-state index in [9.17, 15) is 14.0 Å². The summed E-state index contributed by atoms with van der Waals surface area (Å²) in [6.45, 7) is 4.31. The number of aliphatic carboxylic acids is 1. The summed E-state index contributed by atoms with van der Waals surface area (Å²) in [5.74, 6) is -1.57. The summed E-state index contributed by atoms with van der Waals surface area (Å²) < 4.78 is 13.0. The van der Waals surface area contributed by atoms with Crippen LogP contribution in [0.15, 0.2) is 24.3 Å². The number of benzene rings is 1. The number of nitrogens with one attached hydrogen (secondary N) is 1. The Morgan fingerprint density at radius 3 is 2.57 bits per heavy atom. The van der Waals surface area contributed by atoms with E-state index in [2.05, 4.69) is 19.2 Å². The summed E-state index contributed by atoms with van der Waals surface area (Å²) in [5, 5.41) is 11.9. The Balaban J connectivity index is 2.09. The highest BCUT2D eigenvalue weighted by molar-refractivity contribution is 5.80. The molecule has 0 spiro atoms. The van der Waals surface area contributed by atoms with Gasteiger partial charge in [0.05, 0.1) is 12.5 Å². The smallest absolute Gasteiger partial charge is 0.305 e.